The fourth-order valence-electron chi connectivity index (χ4n) is 3.40. The number of unbranched alkanes of at least 4 members (excludes halogenated alkanes) is 1. The summed E-state index contributed by atoms with van der Waals surface area (Å²) in [6.07, 6.45) is 4.17. The molecule has 206 valence electrons. The van der Waals surface area contributed by atoms with Crippen LogP contribution in [0, 0.1) is 5.92 Å². The molecule has 3 aromatic rings. The monoisotopic (exact) mass is 553 g/mol. The molecule has 39 heavy (non-hydrogen) atoms. The van der Waals surface area contributed by atoms with Gasteiger partial charge in [-0.2, -0.15) is 0 Å². The summed E-state index contributed by atoms with van der Waals surface area (Å²) in [7, 11) is -4.21. The Kier molecular flexibility index (Phi) is 10.6. The van der Waals surface area contributed by atoms with Gasteiger partial charge < -0.3 is 14.8 Å². The second-order valence-electron chi connectivity index (χ2n) is 8.89. The van der Waals surface area contributed by atoms with Gasteiger partial charge in [0, 0.05) is 11.9 Å². The van der Waals surface area contributed by atoms with Crippen LogP contribution in [0.1, 0.15) is 54.0 Å². The molecule has 2 N–H and O–H groups in total. The lowest BCUT2D eigenvalue weighted by molar-refractivity contribution is -0.118. The van der Waals surface area contributed by atoms with Crippen LogP contribution in [-0.2, 0) is 19.6 Å². The summed E-state index contributed by atoms with van der Waals surface area (Å²) in [5.74, 6) is -1.18. The third-order valence-electron chi connectivity index (χ3n) is 5.57. The van der Waals surface area contributed by atoms with Crippen molar-refractivity contribution in [3.05, 3.63) is 84.2 Å². The molecule has 0 spiro atoms. The number of hydrogen-bond donors (Lipinski definition) is 2. The van der Waals surface area contributed by atoms with Crippen molar-refractivity contribution in [1.29, 1.82) is 0 Å². The smallest absolute Gasteiger partial charge is 0.356 e. The van der Waals surface area contributed by atoms with Crippen LogP contribution in [0.4, 0.5) is 5.69 Å². The third-order valence-corrected chi connectivity index (χ3v) is 6.92. The van der Waals surface area contributed by atoms with Gasteiger partial charge in [0.25, 0.3) is 21.8 Å². The van der Waals surface area contributed by atoms with E-state index >= 15 is 0 Å². The van der Waals surface area contributed by atoms with E-state index in [1.165, 1.54) is 36.4 Å². The Balaban J connectivity index is 1.52. The molecule has 0 saturated heterocycles. The van der Waals surface area contributed by atoms with E-state index in [1.807, 2.05) is 17.7 Å². The molecule has 2 aromatic carbocycles. The number of para-hydroxylation sites is 1. The van der Waals surface area contributed by atoms with Crippen LogP contribution in [0.5, 0.6) is 5.75 Å². The number of benzene rings is 2. The molecule has 1 unspecified atom stereocenters. The van der Waals surface area contributed by atoms with E-state index in [9.17, 15) is 22.8 Å². The summed E-state index contributed by atoms with van der Waals surface area (Å²) in [5, 5.41) is 2.60. The van der Waals surface area contributed by atoms with Gasteiger partial charge in [-0.3, -0.25) is 9.59 Å². The highest BCUT2D eigenvalue weighted by Crippen LogP contribution is 2.16. The van der Waals surface area contributed by atoms with Gasteiger partial charge >= 0.3 is 5.97 Å². The highest BCUT2D eigenvalue weighted by atomic mass is 32.2. The maximum atomic E-state index is 12.7. The van der Waals surface area contributed by atoms with E-state index in [0.29, 0.717) is 11.4 Å². The number of anilines is 1. The number of rotatable bonds is 13. The van der Waals surface area contributed by atoms with Crippen LogP contribution in [0.2, 0.25) is 0 Å². The Labute approximate surface area is 227 Å². The molecular weight excluding hydrogens is 522 g/mol. The van der Waals surface area contributed by atoms with Gasteiger partial charge in [0.2, 0.25) is 0 Å². The number of aromatic nitrogens is 1. The topological polar surface area (TPSA) is 141 Å². The molecule has 0 aliphatic rings. The van der Waals surface area contributed by atoms with Crippen molar-refractivity contribution in [2.75, 3.05) is 18.5 Å². The van der Waals surface area contributed by atoms with Crippen LogP contribution in [0.15, 0.2) is 77.8 Å². The Bertz CT molecular complexity index is 1360. The molecule has 1 aromatic heterocycles. The molecule has 11 heteroatoms. The third kappa shape index (κ3) is 9.22. The summed E-state index contributed by atoms with van der Waals surface area (Å²) in [6.45, 7) is 4.14. The Hall–Kier alpha value is -4.25. The van der Waals surface area contributed by atoms with Gasteiger partial charge in [-0.05, 0) is 60.9 Å². The van der Waals surface area contributed by atoms with Gasteiger partial charge in [-0.1, -0.05) is 44.9 Å². The molecular formula is C28H31N3O7S. The lowest BCUT2D eigenvalue weighted by atomic mass is 10.1. The Morgan fingerprint density at radius 2 is 1.69 bits per heavy atom. The summed E-state index contributed by atoms with van der Waals surface area (Å²) >= 11 is 0. The molecule has 1 atom stereocenters. The van der Waals surface area contributed by atoms with Gasteiger partial charge in [-0.25, -0.2) is 22.9 Å². The summed E-state index contributed by atoms with van der Waals surface area (Å²) in [4.78, 5) is 40.6. The highest BCUT2D eigenvalue weighted by molar-refractivity contribution is 7.90. The quantitative estimate of drug-likeness (QED) is 0.300. The fraction of sp³-hybridized carbons (Fsp3) is 0.286. The van der Waals surface area contributed by atoms with Gasteiger partial charge in [0.1, 0.15) is 11.4 Å². The first-order valence-corrected chi connectivity index (χ1v) is 13.9. The number of carbonyl (C=O) groups is 3. The van der Waals surface area contributed by atoms with Crippen molar-refractivity contribution in [2.24, 2.45) is 5.92 Å². The number of carbonyl (C=O) groups excluding carboxylic acids is 3. The number of amides is 2. The highest BCUT2D eigenvalue weighted by Gasteiger charge is 2.20. The van der Waals surface area contributed by atoms with Gasteiger partial charge in [0.15, 0.2) is 6.61 Å². The minimum atomic E-state index is -4.21. The Morgan fingerprint density at radius 3 is 2.33 bits per heavy atom. The first kappa shape index (κ1) is 29.3. The van der Waals surface area contributed by atoms with Crippen molar-refractivity contribution in [2.45, 2.75) is 38.0 Å². The van der Waals surface area contributed by atoms with Crippen molar-refractivity contribution in [3.8, 4) is 5.75 Å². The predicted octanol–water partition coefficient (Wildman–Crippen LogP) is 4.20. The lowest BCUT2D eigenvalue weighted by Gasteiger charge is -2.11. The van der Waals surface area contributed by atoms with Crippen LogP contribution < -0.4 is 14.8 Å². The number of pyridine rings is 1. The van der Waals surface area contributed by atoms with E-state index < -0.39 is 27.8 Å². The summed E-state index contributed by atoms with van der Waals surface area (Å²) in [6, 6.07) is 16.7. The number of hydrogen-bond acceptors (Lipinski definition) is 8. The minimum absolute atomic E-state index is 0.0175. The van der Waals surface area contributed by atoms with Crippen LogP contribution in [0.3, 0.4) is 0 Å². The average molecular weight is 554 g/mol. The number of nitrogens with zero attached hydrogens (tertiary/aromatic N) is 1. The van der Waals surface area contributed by atoms with E-state index in [0.717, 1.165) is 25.5 Å². The summed E-state index contributed by atoms with van der Waals surface area (Å²) < 4.78 is 37.9. The summed E-state index contributed by atoms with van der Waals surface area (Å²) in [5.41, 5.74) is 0.325. The number of sulfonamides is 1. The molecule has 3 rings (SSSR count). The van der Waals surface area contributed by atoms with Crippen LogP contribution in [0.25, 0.3) is 0 Å². The first-order valence-electron chi connectivity index (χ1n) is 12.5. The van der Waals surface area contributed by atoms with Crippen molar-refractivity contribution >= 4 is 33.5 Å². The second kappa shape index (κ2) is 14.1. The molecule has 0 aliphatic heterocycles. The maximum absolute atomic E-state index is 12.7. The molecule has 0 fully saturated rings. The zero-order chi connectivity index (χ0) is 28.3. The van der Waals surface area contributed by atoms with E-state index in [-0.39, 0.29) is 35.3 Å². The van der Waals surface area contributed by atoms with Crippen molar-refractivity contribution in [3.63, 3.8) is 0 Å². The zero-order valence-electron chi connectivity index (χ0n) is 21.8. The average Bonchev–Trinajstić information content (AvgIpc) is 2.94. The molecule has 2 amide bonds. The molecule has 1 heterocycles. The fourth-order valence-corrected chi connectivity index (χ4v) is 4.37. The maximum Gasteiger partial charge on any atom is 0.356 e. The largest absolute Gasteiger partial charge is 0.484 e. The van der Waals surface area contributed by atoms with Gasteiger partial charge in [-0.15, -0.1) is 0 Å². The van der Waals surface area contributed by atoms with E-state index in [2.05, 4.69) is 17.2 Å². The van der Waals surface area contributed by atoms with E-state index in [4.69, 9.17) is 9.47 Å². The molecule has 0 bridgehead atoms. The van der Waals surface area contributed by atoms with Crippen LogP contribution in [-0.4, -0.2) is 44.4 Å². The van der Waals surface area contributed by atoms with Crippen molar-refractivity contribution in [1.82, 2.24) is 9.71 Å². The number of esters is 1. The van der Waals surface area contributed by atoms with Crippen molar-refractivity contribution < 1.29 is 32.3 Å². The van der Waals surface area contributed by atoms with Gasteiger partial charge in [0.05, 0.1) is 17.1 Å². The molecule has 0 saturated carbocycles. The number of ether oxygens (including phenoxy) is 2. The molecule has 0 radical (unpaired) electrons. The van der Waals surface area contributed by atoms with Crippen LogP contribution >= 0.6 is 0 Å². The lowest BCUT2D eigenvalue weighted by Crippen LogP contribution is -2.30. The standard InChI is InChI=1S/C28H31N3O7S/c1-3-4-8-20(2)18-38-28(34)25-16-11-21(17-29-25)27(33)31-39(35,36)24-14-12-22(13-15-24)30-26(32)19-37-23-9-6-5-7-10-23/h5-7,9-17,20H,3-4,8,18-19H2,1-2H3,(H,30,32)(H,31,33). The predicted molar refractivity (Wildman–Crippen MR) is 145 cm³/mol. The van der Waals surface area contributed by atoms with E-state index in [1.54, 1.807) is 24.3 Å². The second-order valence-corrected chi connectivity index (χ2v) is 10.6. The Morgan fingerprint density at radius 1 is 0.974 bits per heavy atom. The number of nitrogens with one attached hydrogen (secondary N) is 2. The normalized spacial score (nSPS) is 11.7. The first-order chi connectivity index (χ1) is 18.7. The zero-order valence-corrected chi connectivity index (χ0v) is 22.6. The molecule has 10 nitrogen and oxygen atoms in total. The minimum Gasteiger partial charge on any atom is -0.484 e. The molecule has 0 aliphatic carbocycles. The SMILES string of the molecule is CCCCC(C)COC(=O)c1ccc(C(=O)NS(=O)(=O)c2ccc(NC(=O)COc3ccccc3)cc2)cn1.